The Morgan fingerprint density at radius 1 is 1.22 bits per heavy atom. The van der Waals surface area contributed by atoms with E-state index in [-0.39, 0.29) is 11.6 Å². The van der Waals surface area contributed by atoms with Gasteiger partial charge in [0.15, 0.2) is 0 Å². The van der Waals surface area contributed by atoms with Gasteiger partial charge < -0.3 is 10.8 Å². The molecule has 1 aromatic carbocycles. The van der Waals surface area contributed by atoms with Crippen LogP contribution in [-0.2, 0) is 0 Å². The summed E-state index contributed by atoms with van der Waals surface area (Å²) in [6, 6.07) is 8.13. The van der Waals surface area contributed by atoms with Gasteiger partial charge >= 0.3 is 0 Å². The maximum absolute atomic E-state index is 10.2. The first-order valence-electron chi connectivity index (χ1n) is 8.29. The van der Waals surface area contributed by atoms with Crippen LogP contribution in [0.5, 0.6) is 0 Å². The second-order valence-electron chi connectivity index (χ2n) is 8.11. The summed E-state index contributed by atoms with van der Waals surface area (Å²) in [5, 5.41) is 12.5. The Balaban J connectivity index is 2.22. The highest BCUT2D eigenvalue weighted by Crippen LogP contribution is 2.50. The van der Waals surface area contributed by atoms with Gasteiger partial charge in [-0.15, -0.1) is 0 Å². The number of allylic oxidation sites excluding steroid dienone is 2. The van der Waals surface area contributed by atoms with Crippen LogP contribution in [-0.4, -0.2) is 24.8 Å². The van der Waals surface area contributed by atoms with Crippen LogP contribution >= 0.6 is 11.6 Å². The molecule has 2 aliphatic rings. The SMILES string of the molecule is CC1=C2C[C@H](O)C[C@]2(N)CC([Si](C)(C)C)=C1c1ccc(Cl)cc1. The lowest BCUT2D eigenvalue weighted by Gasteiger charge is -2.39. The van der Waals surface area contributed by atoms with Crippen molar-refractivity contribution in [2.45, 2.75) is 57.5 Å². The van der Waals surface area contributed by atoms with E-state index in [4.69, 9.17) is 17.3 Å². The number of fused-ring (bicyclic) bond motifs is 1. The van der Waals surface area contributed by atoms with Crippen LogP contribution in [0.3, 0.4) is 0 Å². The zero-order valence-electron chi connectivity index (χ0n) is 14.4. The Morgan fingerprint density at radius 2 is 1.83 bits per heavy atom. The van der Waals surface area contributed by atoms with Gasteiger partial charge in [-0.3, -0.25) is 0 Å². The molecule has 2 nitrogen and oxygen atoms in total. The van der Waals surface area contributed by atoms with E-state index in [2.05, 4.69) is 38.7 Å². The van der Waals surface area contributed by atoms with Crippen LogP contribution in [0.2, 0.25) is 24.7 Å². The average molecular weight is 348 g/mol. The topological polar surface area (TPSA) is 46.2 Å². The van der Waals surface area contributed by atoms with Crippen LogP contribution in [0.15, 0.2) is 40.6 Å². The molecule has 0 amide bonds. The first-order valence-corrected chi connectivity index (χ1v) is 12.2. The summed E-state index contributed by atoms with van der Waals surface area (Å²) in [6.07, 6.45) is 1.96. The monoisotopic (exact) mass is 347 g/mol. The van der Waals surface area contributed by atoms with Gasteiger partial charge in [-0.1, -0.05) is 48.6 Å². The van der Waals surface area contributed by atoms with E-state index in [0.29, 0.717) is 12.8 Å². The number of hydrogen-bond acceptors (Lipinski definition) is 2. The Kier molecular flexibility index (Phi) is 4.12. The largest absolute Gasteiger partial charge is 0.393 e. The summed E-state index contributed by atoms with van der Waals surface area (Å²) >= 11 is 6.07. The van der Waals surface area contributed by atoms with Crippen molar-refractivity contribution in [3.8, 4) is 0 Å². The van der Waals surface area contributed by atoms with Gasteiger partial charge in [-0.05, 0) is 60.6 Å². The molecule has 4 heteroatoms. The van der Waals surface area contributed by atoms with Crippen LogP contribution in [0, 0.1) is 0 Å². The van der Waals surface area contributed by atoms with E-state index in [0.717, 1.165) is 11.4 Å². The zero-order valence-corrected chi connectivity index (χ0v) is 16.2. The highest BCUT2D eigenvalue weighted by atomic mass is 35.5. The number of nitrogens with two attached hydrogens (primary N) is 1. The van der Waals surface area contributed by atoms with Gasteiger partial charge in [-0.25, -0.2) is 0 Å². The van der Waals surface area contributed by atoms with Crippen molar-refractivity contribution in [2.75, 3.05) is 0 Å². The summed E-state index contributed by atoms with van der Waals surface area (Å²) in [4.78, 5) is 0. The number of hydrogen-bond donors (Lipinski definition) is 2. The third kappa shape index (κ3) is 2.96. The first kappa shape index (κ1) is 17.0. The zero-order chi connectivity index (χ0) is 17.0. The number of aliphatic hydroxyl groups excluding tert-OH is 1. The lowest BCUT2D eigenvalue weighted by Crippen LogP contribution is -2.45. The smallest absolute Gasteiger partial charge is 0.0733 e. The molecule has 0 bridgehead atoms. The molecule has 124 valence electrons. The van der Waals surface area contributed by atoms with Crippen molar-refractivity contribution in [1.82, 2.24) is 0 Å². The molecule has 2 aliphatic carbocycles. The lowest BCUT2D eigenvalue weighted by molar-refractivity contribution is 0.174. The molecule has 0 unspecified atom stereocenters. The Morgan fingerprint density at radius 3 is 2.39 bits per heavy atom. The minimum absolute atomic E-state index is 0.308. The average Bonchev–Trinajstić information content (AvgIpc) is 2.74. The van der Waals surface area contributed by atoms with Gasteiger partial charge in [-0.2, -0.15) is 0 Å². The maximum atomic E-state index is 10.2. The standard InChI is InChI=1S/C19H26ClNOSi/c1-12-16-9-15(22)10-19(16,21)11-17(23(2,3)4)18(12)13-5-7-14(20)8-6-13/h5-8,15,22H,9-11,21H2,1-4H3/t15-,19-/m0/s1. The van der Waals surface area contributed by atoms with E-state index in [1.807, 2.05) is 12.1 Å². The highest BCUT2D eigenvalue weighted by Gasteiger charge is 2.46. The summed E-state index contributed by atoms with van der Waals surface area (Å²) in [6.45, 7) is 9.32. The van der Waals surface area contributed by atoms with Crippen LogP contribution in [0.1, 0.15) is 31.7 Å². The summed E-state index contributed by atoms with van der Waals surface area (Å²) in [5.74, 6) is 0. The van der Waals surface area contributed by atoms with Crippen LogP contribution in [0.4, 0.5) is 0 Å². The molecular weight excluding hydrogens is 322 g/mol. The molecule has 1 saturated carbocycles. The quantitative estimate of drug-likeness (QED) is 0.771. The van der Waals surface area contributed by atoms with Crippen molar-refractivity contribution in [1.29, 1.82) is 0 Å². The minimum atomic E-state index is -1.54. The fourth-order valence-corrected chi connectivity index (χ4v) is 6.24. The molecule has 0 radical (unpaired) electrons. The van der Waals surface area contributed by atoms with Crippen LogP contribution < -0.4 is 5.73 Å². The molecule has 0 aliphatic heterocycles. The summed E-state index contributed by atoms with van der Waals surface area (Å²) < 4.78 is 0. The molecule has 0 heterocycles. The van der Waals surface area contributed by atoms with Crippen molar-refractivity contribution >= 4 is 25.2 Å². The molecule has 0 saturated heterocycles. The minimum Gasteiger partial charge on any atom is -0.393 e. The Bertz CT molecular complexity index is 699. The summed E-state index contributed by atoms with van der Waals surface area (Å²) in [5.41, 5.74) is 11.5. The molecular formula is C19H26ClNOSi. The first-order chi connectivity index (χ1) is 10.6. The van der Waals surface area contributed by atoms with Gasteiger partial charge in [0.2, 0.25) is 0 Å². The number of aliphatic hydroxyl groups is 1. The Labute approximate surface area is 145 Å². The molecule has 1 fully saturated rings. The predicted octanol–water partition coefficient (Wildman–Crippen LogP) is 4.54. The molecule has 1 aromatic rings. The third-order valence-corrected chi connectivity index (χ3v) is 7.79. The maximum Gasteiger partial charge on any atom is 0.0733 e. The molecule has 3 rings (SSSR count). The molecule has 23 heavy (non-hydrogen) atoms. The number of rotatable bonds is 2. The summed E-state index contributed by atoms with van der Waals surface area (Å²) in [7, 11) is -1.54. The van der Waals surface area contributed by atoms with E-state index >= 15 is 0 Å². The van der Waals surface area contributed by atoms with Gasteiger partial charge in [0.05, 0.1) is 14.2 Å². The van der Waals surface area contributed by atoms with Gasteiger partial charge in [0, 0.05) is 10.6 Å². The van der Waals surface area contributed by atoms with Crippen molar-refractivity contribution < 1.29 is 5.11 Å². The van der Waals surface area contributed by atoms with Gasteiger partial charge in [0.1, 0.15) is 0 Å². The van der Waals surface area contributed by atoms with Gasteiger partial charge in [0.25, 0.3) is 0 Å². The molecule has 2 atom stereocenters. The highest BCUT2D eigenvalue weighted by molar-refractivity contribution is 6.84. The molecule has 0 spiro atoms. The van der Waals surface area contributed by atoms with E-state index in [1.54, 1.807) is 0 Å². The van der Waals surface area contributed by atoms with E-state index in [9.17, 15) is 5.11 Å². The van der Waals surface area contributed by atoms with Crippen molar-refractivity contribution in [3.05, 3.63) is 51.2 Å². The van der Waals surface area contributed by atoms with E-state index < -0.39 is 8.07 Å². The van der Waals surface area contributed by atoms with Crippen LogP contribution in [0.25, 0.3) is 5.57 Å². The lowest BCUT2D eigenvalue weighted by atomic mass is 9.78. The number of halogens is 1. The fourth-order valence-electron chi connectivity index (χ4n) is 4.19. The predicted molar refractivity (Wildman–Crippen MR) is 101 cm³/mol. The fraction of sp³-hybridized carbons (Fsp3) is 0.474. The number of benzene rings is 1. The third-order valence-electron chi connectivity index (χ3n) is 5.30. The molecule has 0 aromatic heterocycles. The van der Waals surface area contributed by atoms with Crippen molar-refractivity contribution in [2.24, 2.45) is 5.73 Å². The van der Waals surface area contributed by atoms with Crippen molar-refractivity contribution in [3.63, 3.8) is 0 Å². The second-order valence-corrected chi connectivity index (χ2v) is 13.6. The normalized spacial score (nSPS) is 28.4. The second kappa shape index (κ2) is 5.59. The molecule has 3 N–H and O–H groups in total. The van der Waals surface area contributed by atoms with E-state index in [1.165, 1.54) is 27.5 Å². The Hall–Kier alpha value is -0.873.